The molecule has 0 radical (unpaired) electrons. The second kappa shape index (κ2) is 9.95. The third-order valence-corrected chi connectivity index (χ3v) is 7.36. The number of likely N-dealkylation sites (tertiary alicyclic amines) is 1. The number of hydrogen-bond acceptors (Lipinski definition) is 5. The van der Waals surface area contributed by atoms with Gasteiger partial charge in [0.25, 0.3) is 5.56 Å². The summed E-state index contributed by atoms with van der Waals surface area (Å²) in [6, 6.07) is 14.4. The van der Waals surface area contributed by atoms with E-state index in [0.717, 1.165) is 51.7 Å². The molecule has 1 amide bonds. The topological polar surface area (TPSA) is 71.3 Å². The minimum atomic E-state index is -0.122. The largest absolute Gasteiger partial charge is 0.351 e. The van der Waals surface area contributed by atoms with Gasteiger partial charge in [-0.2, -0.15) is 0 Å². The number of hydrogen-bond donors (Lipinski definition) is 0. The number of amides is 1. The Morgan fingerprint density at radius 1 is 1.03 bits per heavy atom. The number of pyridine rings is 1. The van der Waals surface area contributed by atoms with Gasteiger partial charge < -0.3 is 9.80 Å². The van der Waals surface area contributed by atoms with Gasteiger partial charge in [0.1, 0.15) is 5.52 Å². The Labute approximate surface area is 200 Å². The number of aromatic nitrogens is 3. The molecule has 7 nitrogen and oxygen atoms in total. The summed E-state index contributed by atoms with van der Waals surface area (Å²) in [5.74, 6) is 1.24. The molecule has 5 rings (SSSR count). The average molecular weight is 460 g/mol. The molecule has 1 atom stereocenters. The molecule has 178 valence electrons. The van der Waals surface area contributed by atoms with E-state index < -0.39 is 0 Å². The van der Waals surface area contributed by atoms with E-state index in [1.165, 1.54) is 5.56 Å². The summed E-state index contributed by atoms with van der Waals surface area (Å²) in [7, 11) is 0. The molecule has 0 bridgehead atoms. The molecule has 1 aromatic carbocycles. The standard InChI is InChI=1S/C27H33N5O2/c1-2-32-24-23(11-6-14-28-24)29-25(27(32)34)31-15-7-10-22(19-31)26(33)30-16-12-21(13-17-30)18-20-8-4-3-5-9-20/h3-6,8-9,11,14,21-22H,2,7,10,12-13,15-19H2,1H3. The monoisotopic (exact) mass is 459 g/mol. The average Bonchev–Trinajstić information content (AvgIpc) is 2.89. The van der Waals surface area contributed by atoms with Crippen LogP contribution >= 0.6 is 0 Å². The lowest BCUT2D eigenvalue weighted by Gasteiger charge is -2.38. The number of nitrogens with zero attached hydrogens (tertiary/aromatic N) is 5. The van der Waals surface area contributed by atoms with E-state index in [4.69, 9.17) is 0 Å². The van der Waals surface area contributed by atoms with E-state index in [1.807, 2.05) is 24.0 Å². The van der Waals surface area contributed by atoms with Crippen molar-refractivity contribution < 1.29 is 4.79 Å². The van der Waals surface area contributed by atoms with E-state index in [9.17, 15) is 9.59 Å². The Balaban J connectivity index is 1.26. The van der Waals surface area contributed by atoms with E-state index >= 15 is 0 Å². The molecule has 2 aromatic heterocycles. The number of piperidine rings is 2. The molecule has 0 N–H and O–H groups in total. The van der Waals surface area contributed by atoms with Crippen molar-refractivity contribution in [3.63, 3.8) is 0 Å². The van der Waals surface area contributed by atoms with Crippen LogP contribution in [0, 0.1) is 11.8 Å². The van der Waals surface area contributed by atoms with Gasteiger partial charge in [0, 0.05) is 38.9 Å². The Morgan fingerprint density at radius 3 is 2.59 bits per heavy atom. The molecule has 7 heteroatoms. The number of benzene rings is 1. The lowest BCUT2D eigenvalue weighted by Crippen LogP contribution is -2.48. The summed E-state index contributed by atoms with van der Waals surface area (Å²) in [5, 5.41) is 0. The Kier molecular flexibility index (Phi) is 6.61. The van der Waals surface area contributed by atoms with Gasteiger partial charge in [-0.1, -0.05) is 30.3 Å². The Morgan fingerprint density at radius 2 is 1.82 bits per heavy atom. The number of anilines is 1. The van der Waals surface area contributed by atoms with Crippen LogP contribution in [-0.2, 0) is 17.8 Å². The number of carbonyl (C=O) groups is 1. The van der Waals surface area contributed by atoms with Crippen LogP contribution in [0.3, 0.4) is 0 Å². The fourth-order valence-electron chi connectivity index (χ4n) is 5.50. The SMILES string of the molecule is CCn1c(=O)c(N2CCCC(C(=O)N3CCC(Cc4ccccc4)CC3)C2)nc2cccnc21. The molecule has 2 aliphatic heterocycles. The smallest absolute Gasteiger partial charge is 0.295 e. The third-order valence-electron chi connectivity index (χ3n) is 7.36. The van der Waals surface area contributed by atoms with E-state index in [1.54, 1.807) is 10.8 Å². The lowest BCUT2D eigenvalue weighted by molar-refractivity contribution is -0.137. The number of carbonyl (C=O) groups excluding carboxylic acids is 1. The fourth-order valence-corrected chi connectivity index (χ4v) is 5.50. The highest BCUT2D eigenvalue weighted by atomic mass is 16.2. The van der Waals surface area contributed by atoms with Crippen molar-refractivity contribution in [1.29, 1.82) is 0 Å². The van der Waals surface area contributed by atoms with Crippen molar-refractivity contribution >= 4 is 22.9 Å². The van der Waals surface area contributed by atoms with Crippen molar-refractivity contribution in [2.45, 2.75) is 45.6 Å². The van der Waals surface area contributed by atoms with Crippen LogP contribution in [-0.4, -0.2) is 51.5 Å². The molecule has 2 saturated heterocycles. The first kappa shape index (κ1) is 22.6. The number of rotatable bonds is 5. The second-order valence-corrected chi connectivity index (χ2v) is 9.57. The highest BCUT2D eigenvalue weighted by molar-refractivity contribution is 5.80. The highest BCUT2D eigenvalue weighted by Gasteiger charge is 2.33. The van der Waals surface area contributed by atoms with Gasteiger partial charge in [0.05, 0.1) is 5.92 Å². The predicted octanol–water partition coefficient (Wildman–Crippen LogP) is 3.51. The van der Waals surface area contributed by atoms with Crippen LogP contribution in [0.15, 0.2) is 53.5 Å². The number of aryl methyl sites for hydroxylation is 1. The third kappa shape index (κ3) is 4.56. The Bertz CT molecular complexity index is 1200. The summed E-state index contributed by atoms with van der Waals surface area (Å²) in [6.07, 6.45) is 6.64. The molecule has 1 unspecified atom stereocenters. The van der Waals surface area contributed by atoms with Crippen molar-refractivity contribution in [2.24, 2.45) is 11.8 Å². The number of fused-ring (bicyclic) bond motifs is 1. The zero-order valence-corrected chi connectivity index (χ0v) is 19.9. The van der Waals surface area contributed by atoms with Crippen molar-refractivity contribution in [3.8, 4) is 0 Å². The van der Waals surface area contributed by atoms with Crippen LogP contribution < -0.4 is 10.5 Å². The molecule has 2 fully saturated rings. The Hall–Kier alpha value is -3.22. The van der Waals surface area contributed by atoms with Gasteiger partial charge in [-0.25, -0.2) is 9.97 Å². The van der Waals surface area contributed by atoms with Gasteiger partial charge in [-0.15, -0.1) is 0 Å². The van der Waals surface area contributed by atoms with Gasteiger partial charge in [-0.3, -0.25) is 14.2 Å². The maximum Gasteiger partial charge on any atom is 0.295 e. The fraction of sp³-hybridized carbons (Fsp3) is 0.481. The first-order valence-electron chi connectivity index (χ1n) is 12.6. The van der Waals surface area contributed by atoms with E-state index in [-0.39, 0.29) is 17.4 Å². The minimum Gasteiger partial charge on any atom is -0.351 e. The normalized spacial score (nSPS) is 19.5. The summed E-state index contributed by atoms with van der Waals surface area (Å²) >= 11 is 0. The summed E-state index contributed by atoms with van der Waals surface area (Å²) < 4.78 is 1.68. The molecule has 0 spiro atoms. The molecular weight excluding hydrogens is 426 g/mol. The molecule has 0 aliphatic carbocycles. The van der Waals surface area contributed by atoms with Crippen molar-refractivity contribution in [1.82, 2.24) is 19.4 Å². The summed E-state index contributed by atoms with van der Waals surface area (Å²) in [4.78, 5) is 39.7. The van der Waals surface area contributed by atoms with Gasteiger partial charge >= 0.3 is 0 Å². The summed E-state index contributed by atoms with van der Waals surface area (Å²) in [6.45, 7) is 5.45. The van der Waals surface area contributed by atoms with E-state index in [0.29, 0.717) is 36.0 Å². The summed E-state index contributed by atoms with van der Waals surface area (Å²) in [5.41, 5.74) is 2.59. The quantitative estimate of drug-likeness (QED) is 0.584. The predicted molar refractivity (Wildman–Crippen MR) is 134 cm³/mol. The molecule has 3 aromatic rings. The van der Waals surface area contributed by atoms with Crippen molar-refractivity contribution in [2.75, 3.05) is 31.1 Å². The maximum atomic E-state index is 13.4. The van der Waals surface area contributed by atoms with E-state index in [2.05, 4.69) is 45.2 Å². The zero-order chi connectivity index (χ0) is 23.5. The van der Waals surface area contributed by atoms with Crippen LogP contribution in [0.1, 0.15) is 38.2 Å². The van der Waals surface area contributed by atoms with Gasteiger partial charge in [-0.05, 0) is 62.6 Å². The van der Waals surface area contributed by atoms with Crippen LogP contribution in [0.4, 0.5) is 5.82 Å². The first-order valence-corrected chi connectivity index (χ1v) is 12.6. The van der Waals surface area contributed by atoms with Gasteiger partial charge in [0.15, 0.2) is 11.5 Å². The lowest BCUT2D eigenvalue weighted by atomic mass is 9.89. The van der Waals surface area contributed by atoms with Crippen molar-refractivity contribution in [3.05, 3.63) is 64.6 Å². The molecule has 2 aliphatic rings. The molecule has 4 heterocycles. The zero-order valence-electron chi connectivity index (χ0n) is 19.9. The minimum absolute atomic E-state index is 0.0831. The highest BCUT2D eigenvalue weighted by Crippen LogP contribution is 2.26. The van der Waals surface area contributed by atoms with Crippen LogP contribution in [0.5, 0.6) is 0 Å². The molecular formula is C27H33N5O2. The second-order valence-electron chi connectivity index (χ2n) is 9.57. The van der Waals surface area contributed by atoms with Crippen LogP contribution in [0.25, 0.3) is 11.2 Å². The first-order chi connectivity index (χ1) is 16.6. The molecule has 0 saturated carbocycles. The van der Waals surface area contributed by atoms with Crippen LogP contribution in [0.2, 0.25) is 0 Å². The molecule has 34 heavy (non-hydrogen) atoms. The maximum absolute atomic E-state index is 13.4. The van der Waals surface area contributed by atoms with Gasteiger partial charge in [0.2, 0.25) is 5.91 Å².